The van der Waals surface area contributed by atoms with E-state index in [1.165, 1.54) is 0 Å². The molecule has 0 aromatic rings. The molecule has 0 saturated carbocycles. The molecule has 2 atom stereocenters. The van der Waals surface area contributed by atoms with Gasteiger partial charge in [0.05, 0.1) is 36.7 Å². The highest BCUT2D eigenvalue weighted by Gasteiger charge is 2.38. The van der Waals surface area contributed by atoms with E-state index in [9.17, 15) is 13.2 Å². The lowest BCUT2D eigenvalue weighted by Gasteiger charge is -2.36. The highest BCUT2D eigenvalue weighted by atomic mass is 79.9. The summed E-state index contributed by atoms with van der Waals surface area (Å²) in [5.41, 5.74) is 0. The fraction of sp³-hybridized carbons (Fsp3) is 0.900. The molecule has 0 aliphatic carbocycles. The Hall–Kier alpha value is -0.140. The maximum Gasteiger partial charge on any atom is 0.227 e. The van der Waals surface area contributed by atoms with Gasteiger partial charge in [-0.2, -0.15) is 0 Å². The van der Waals surface area contributed by atoms with Crippen molar-refractivity contribution in [2.24, 2.45) is 5.92 Å². The second-order valence-electron chi connectivity index (χ2n) is 4.51. The van der Waals surface area contributed by atoms with Crippen LogP contribution in [-0.4, -0.2) is 61.9 Å². The molecular weight excluding hydrogens is 310 g/mol. The monoisotopic (exact) mass is 325 g/mol. The minimum absolute atomic E-state index is 0.0121. The number of sulfone groups is 1. The lowest BCUT2D eigenvalue weighted by molar-refractivity contribution is -0.142. The molecule has 2 saturated heterocycles. The van der Waals surface area contributed by atoms with Crippen LogP contribution in [0.5, 0.6) is 0 Å². The zero-order valence-electron chi connectivity index (χ0n) is 9.47. The summed E-state index contributed by atoms with van der Waals surface area (Å²) in [5.74, 6) is -0.219. The number of amides is 1. The van der Waals surface area contributed by atoms with E-state index >= 15 is 0 Å². The van der Waals surface area contributed by atoms with Crippen molar-refractivity contribution >= 4 is 31.7 Å². The van der Waals surface area contributed by atoms with Crippen LogP contribution in [0.2, 0.25) is 0 Å². The number of nitrogens with zero attached hydrogens (tertiary/aromatic N) is 1. The van der Waals surface area contributed by atoms with E-state index in [2.05, 4.69) is 15.9 Å². The quantitative estimate of drug-likeness (QED) is 0.673. The van der Waals surface area contributed by atoms with Gasteiger partial charge in [0.2, 0.25) is 5.91 Å². The third-order valence-corrected chi connectivity index (χ3v) is 5.79. The van der Waals surface area contributed by atoms with Gasteiger partial charge in [-0.05, 0) is 6.42 Å². The molecule has 98 valence electrons. The Bertz CT molecular complexity index is 397. The van der Waals surface area contributed by atoms with Crippen LogP contribution in [0.15, 0.2) is 0 Å². The summed E-state index contributed by atoms with van der Waals surface area (Å²) in [6.07, 6.45) is 0.466. The smallest absolute Gasteiger partial charge is 0.227 e. The van der Waals surface area contributed by atoms with Gasteiger partial charge < -0.3 is 9.64 Å². The van der Waals surface area contributed by atoms with E-state index in [0.29, 0.717) is 31.5 Å². The number of alkyl halides is 1. The fourth-order valence-electron chi connectivity index (χ4n) is 2.30. The summed E-state index contributed by atoms with van der Waals surface area (Å²) < 4.78 is 28.1. The summed E-state index contributed by atoms with van der Waals surface area (Å²) in [7, 11) is -2.99. The van der Waals surface area contributed by atoms with Crippen LogP contribution in [0.1, 0.15) is 6.42 Å². The van der Waals surface area contributed by atoms with Crippen LogP contribution in [0.4, 0.5) is 0 Å². The van der Waals surface area contributed by atoms with Gasteiger partial charge in [-0.25, -0.2) is 8.42 Å². The van der Waals surface area contributed by atoms with Crippen LogP contribution >= 0.6 is 15.9 Å². The predicted octanol–water partition coefficient (Wildman–Crippen LogP) is 0.0434. The average molecular weight is 326 g/mol. The summed E-state index contributed by atoms with van der Waals surface area (Å²) in [6.45, 7) is 1.62. The fourth-order valence-corrected chi connectivity index (χ4v) is 4.57. The van der Waals surface area contributed by atoms with Crippen LogP contribution in [0.3, 0.4) is 0 Å². The topological polar surface area (TPSA) is 63.7 Å². The van der Waals surface area contributed by atoms with Gasteiger partial charge in [0.25, 0.3) is 0 Å². The largest absolute Gasteiger partial charge is 0.377 e. The molecule has 7 heteroatoms. The third-order valence-electron chi connectivity index (χ3n) is 3.27. The Morgan fingerprint density at radius 3 is 2.82 bits per heavy atom. The van der Waals surface area contributed by atoms with Crippen molar-refractivity contribution in [2.75, 3.05) is 36.6 Å². The molecule has 2 aliphatic rings. The van der Waals surface area contributed by atoms with Gasteiger partial charge >= 0.3 is 0 Å². The van der Waals surface area contributed by atoms with Gasteiger partial charge in [-0.1, -0.05) is 15.9 Å². The molecule has 0 aromatic heterocycles. The minimum atomic E-state index is -2.99. The molecule has 2 unspecified atom stereocenters. The number of carbonyl (C=O) groups excluding carboxylic acids is 1. The lowest BCUT2D eigenvalue weighted by Crippen LogP contribution is -2.51. The van der Waals surface area contributed by atoms with Crippen molar-refractivity contribution in [2.45, 2.75) is 12.5 Å². The Kier molecular flexibility index (Phi) is 4.10. The molecule has 0 N–H and O–H groups in total. The van der Waals surface area contributed by atoms with Crippen LogP contribution in [-0.2, 0) is 19.4 Å². The molecule has 2 aliphatic heterocycles. The highest BCUT2D eigenvalue weighted by molar-refractivity contribution is 9.09. The lowest BCUT2D eigenvalue weighted by atomic mass is 10.1. The molecule has 0 aromatic carbocycles. The highest BCUT2D eigenvalue weighted by Crippen LogP contribution is 2.23. The SMILES string of the molecule is O=C(C1CCS(=O)(=O)C1)N1CCOCC1CBr. The van der Waals surface area contributed by atoms with Gasteiger partial charge in [0.1, 0.15) is 0 Å². The van der Waals surface area contributed by atoms with Crippen molar-refractivity contribution in [1.82, 2.24) is 4.90 Å². The maximum atomic E-state index is 12.2. The van der Waals surface area contributed by atoms with E-state index in [4.69, 9.17) is 4.74 Å². The Morgan fingerprint density at radius 1 is 1.47 bits per heavy atom. The average Bonchev–Trinajstić information content (AvgIpc) is 2.68. The van der Waals surface area contributed by atoms with Gasteiger partial charge in [0.15, 0.2) is 9.84 Å². The minimum Gasteiger partial charge on any atom is -0.377 e. The molecule has 0 spiro atoms. The molecule has 5 nitrogen and oxygen atoms in total. The number of rotatable bonds is 2. The predicted molar refractivity (Wildman–Crippen MR) is 66.9 cm³/mol. The van der Waals surface area contributed by atoms with Crippen molar-refractivity contribution in [3.63, 3.8) is 0 Å². The number of halogens is 1. The Balaban J connectivity index is 2.04. The van der Waals surface area contributed by atoms with E-state index in [-0.39, 0.29) is 29.4 Å². The second kappa shape index (κ2) is 5.24. The van der Waals surface area contributed by atoms with Crippen molar-refractivity contribution in [1.29, 1.82) is 0 Å². The summed E-state index contributed by atoms with van der Waals surface area (Å²) in [4.78, 5) is 14.0. The Morgan fingerprint density at radius 2 is 2.24 bits per heavy atom. The maximum absolute atomic E-state index is 12.2. The van der Waals surface area contributed by atoms with E-state index < -0.39 is 9.84 Å². The first-order valence-electron chi connectivity index (χ1n) is 5.68. The third kappa shape index (κ3) is 3.00. The summed E-state index contributed by atoms with van der Waals surface area (Å²) >= 11 is 3.36. The van der Waals surface area contributed by atoms with Gasteiger partial charge in [0, 0.05) is 11.9 Å². The van der Waals surface area contributed by atoms with E-state index in [1.807, 2.05) is 0 Å². The van der Waals surface area contributed by atoms with E-state index in [1.54, 1.807) is 4.90 Å². The van der Waals surface area contributed by atoms with Crippen molar-refractivity contribution < 1.29 is 17.9 Å². The normalized spacial score (nSPS) is 32.6. The first-order valence-corrected chi connectivity index (χ1v) is 8.62. The molecule has 17 heavy (non-hydrogen) atoms. The molecule has 2 heterocycles. The first-order chi connectivity index (χ1) is 8.03. The standard InChI is InChI=1S/C10H16BrNO4S/c11-5-9-6-16-3-2-12(9)10(13)8-1-4-17(14,15)7-8/h8-9H,1-7H2. The summed E-state index contributed by atoms with van der Waals surface area (Å²) in [6, 6.07) is 0.0274. The molecule has 0 bridgehead atoms. The Labute approximate surface area is 110 Å². The molecular formula is C10H16BrNO4S. The molecule has 2 fully saturated rings. The first kappa shape index (κ1) is 13.3. The number of ether oxygens (including phenoxy) is 1. The van der Waals surface area contributed by atoms with Crippen molar-refractivity contribution in [3.05, 3.63) is 0 Å². The molecule has 1 amide bonds. The van der Waals surface area contributed by atoms with Crippen LogP contribution < -0.4 is 0 Å². The summed E-state index contributed by atoms with van der Waals surface area (Å²) in [5, 5.41) is 0.665. The number of hydrogen-bond donors (Lipinski definition) is 0. The van der Waals surface area contributed by atoms with E-state index in [0.717, 1.165) is 0 Å². The zero-order chi connectivity index (χ0) is 12.5. The number of carbonyl (C=O) groups is 1. The van der Waals surface area contributed by atoms with Crippen LogP contribution in [0, 0.1) is 5.92 Å². The van der Waals surface area contributed by atoms with Gasteiger partial charge in [-0.15, -0.1) is 0 Å². The van der Waals surface area contributed by atoms with Crippen molar-refractivity contribution in [3.8, 4) is 0 Å². The second-order valence-corrected chi connectivity index (χ2v) is 7.39. The zero-order valence-corrected chi connectivity index (χ0v) is 11.9. The number of morpholine rings is 1. The van der Waals surface area contributed by atoms with Crippen LogP contribution in [0.25, 0.3) is 0 Å². The molecule has 2 rings (SSSR count). The van der Waals surface area contributed by atoms with Gasteiger partial charge in [-0.3, -0.25) is 4.79 Å². The number of hydrogen-bond acceptors (Lipinski definition) is 4. The molecule has 0 radical (unpaired) electrons.